The van der Waals surface area contributed by atoms with E-state index in [0.717, 1.165) is 0 Å². The molecule has 0 aromatic rings. The largest absolute Gasteiger partial charge is 0.496 e. The van der Waals surface area contributed by atoms with Crippen LogP contribution in [0.3, 0.4) is 0 Å². The molecule has 0 aromatic carbocycles. The Labute approximate surface area is 134 Å². The monoisotopic (exact) mass is 360 g/mol. The fourth-order valence-electron chi connectivity index (χ4n) is 0.333. The molecule has 0 saturated heterocycles. The van der Waals surface area contributed by atoms with Crippen LogP contribution in [0.2, 0.25) is 39.3 Å². The van der Waals surface area contributed by atoms with Gasteiger partial charge >= 0.3 is 17.4 Å². The van der Waals surface area contributed by atoms with Crippen molar-refractivity contribution in [1.82, 2.24) is 0 Å². The maximum atomic E-state index is 5.08. The Kier molecular flexibility index (Phi) is 16.2. The predicted molar refractivity (Wildman–Crippen MR) is 94.5 cm³/mol. The lowest BCUT2D eigenvalue weighted by atomic mass is 11.8. The Bertz CT molecular complexity index is 215. The van der Waals surface area contributed by atoms with E-state index in [2.05, 4.69) is 19.6 Å². The standard InChI is InChI=1S/C4H12O3Si.C4H12O2Si.C4H12OSi/c1-5-8(4,6-2)7-3;1-5-7(3,4)6-2;1-5-6(2,3)4/h1-4H3;1-4H3;1-4H3. The second-order valence-corrected chi connectivity index (χ2v) is 16.8. The Hall–Kier alpha value is 0.411. The van der Waals surface area contributed by atoms with Gasteiger partial charge in [-0.3, -0.25) is 0 Å². The Balaban J connectivity index is -0.000000234. The van der Waals surface area contributed by atoms with Crippen molar-refractivity contribution >= 4 is 25.7 Å². The molecule has 0 rings (SSSR count). The Morgan fingerprint density at radius 2 is 0.667 bits per heavy atom. The first-order valence-electron chi connectivity index (χ1n) is 6.67. The summed E-state index contributed by atoms with van der Waals surface area (Å²) in [6.07, 6.45) is 0. The van der Waals surface area contributed by atoms with Crippen LogP contribution >= 0.6 is 0 Å². The first-order valence-corrected chi connectivity index (χ1v) is 15.1. The first kappa shape index (κ1) is 26.3. The topological polar surface area (TPSA) is 55.4 Å². The average Bonchev–Trinajstić information content (AvgIpc) is 2.47. The van der Waals surface area contributed by atoms with Crippen LogP contribution in [0, 0.1) is 0 Å². The van der Waals surface area contributed by atoms with Gasteiger partial charge < -0.3 is 26.6 Å². The van der Waals surface area contributed by atoms with Crippen molar-refractivity contribution < 1.29 is 26.6 Å². The third kappa shape index (κ3) is 20.4. The minimum absolute atomic E-state index is 1.13. The van der Waals surface area contributed by atoms with Crippen LogP contribution in [0.4, 0.5) is 0 Å². The number of hydrogen-bond acceptors (Lipinski definition) is 6. The van der Waals surface area contributed by atoms with E-state index in [-0.39, 0.29) is 0 Å². The second-order valence-electron chi connectivity index (χ2n) is 5.60. The highest BCUT2D eigenvalue weighted by Crippen LogP contribution is 2.02. The van der Waals surface area contributed by atoms with Gasteiger partial charge in [0.2, 0.25) is 0 Å². The van der Waals surface area contributed by atoms with E-state index in [1.165, 1.54) is 0 Å². The molecule has 0 fully saturated rings. The van der Waals surface area contributed by atoms with Crippen molar-refractivity contribution in [2.24, 2.45) is 0 Å². The van der Waals surface area contributed by atoms with Gasteiger partial charge in [-0.15, -0.1) is 0 Å². The van der Waals surface area contributed by atoms with Crippen LogP contribution in [-0.2, 0) is 26.6 Å². The van der Waals surface area contributed by atoms with Crippen LogP contribution in [0.5, 0.6) is 0 Å². The molecule has 21 heavy (non-hydrogen) atoms. The molecule has 0 aliphatic rings. The molecule has 0 aromatic heterocycles. The van der Waals surface area contributed by atoms with Gasteiger partial charge in [-0.2, -0.15) is 0 Å². The molecule has 0 aliphatic heterocycles. The molecule has 0 N–H and O–H groups in total. The van der Waals surface area contributed by atoms with Crippen molar-refractivity contribution in [3.63, 3.8) is 0 Å². The van der Waals surface area contributed by atoms with E-state index in [4.69, 9.17) is 26.6 Å². The zero-order valence-corrected chi connectivity index (χ0v) is 18.9. The van der Waals surface area contributed by atoms with Crippen molar-refractivity contribution in [1.29, 1.82) is 0 Å². The maximum Gasteiger partial charge on any atom is 0.496 e. The summed E-state index contributed by atoms with van der Waals surface area (Å²) in [5.41, 5.74) is 0. The number of hydrogen-bond donors (Lipinski definition) is 0. The minimum Gasteiger partial charge on any atom is -0.421 e. The van der Waals surface area contributed by atoms with E-state index < -0.39 is 25.7 Å². The zero-order valence-electron chi connectivity index (χ0n) is 15.9. The smallest absolute Gasteiger partial charge is 0.421 e. The summed E-state index contributed by atoms with van der Waals surface area (Å²) in [6.45, 7) is 12.3. The highest BCUT2D eigenvalue weighted by atomic mass is 28.4. The molecule has 0 unspecified atom stereocenters. The summed E-state index contributed by atoms with van der Waals surface area (Å²) in [5, 5.41) is 0. The van der Waals surface area contributed by atoms with E-state index in [0.29, 0.717) is 0 Å². The summed E-state index contributed by atoms with van der Waals surface area (Å²) in [6, 6.07) is 0. The third-order valence-corrected chi connectivity index (χ3v) is 8.12. The normalized spacial score (nSPS) is 12.0. The van der Waals surface area contributed by atoms with Crippen LogP contribution < -0.4 is 0 Å². The molecule has 0 saturated carbocycles. The highest BCUT2D eigenvalue weighted by molar-refractivity contribution is 6.69. The first-order chi connectivity index (χ1) is 9.36. The van der Waals surface area contributed by atoms with Crippen molar-refractivity contribution in [2.45, 2.75) is 39.3 Å². The lowest BCUT2D eigenvalue weighted by Crippen LogP contribution is -2.38. The van der Waals surface area contributed by atoms with Gasteiger partial charge in [0.05, 0.1) is 0 Å². The summed E-state index contributed by atoms with van der Waals surface area (Å²) in [5.74, 6) is 0. The molecule has 9 heteroatoms. The fourth-order valence-corrected chi connectivity index (χ4v) is 1.00. The zero-order chi connectivity index (χ0) is 17.7. The van der Waals surface area contributed by atoms with Gasteiger partial charge in [0, 0.05) is 49.2 Å². The van der Waals surface area contributed by atoms with Crippen molar-refractivity contribution in [2.75, 3.05) is 42.7 Å². The summed E-state index contributed by atoms with van der Waals surface area (Å²) < 4.78 is 29.9. The van der Waals surface area contributed by atoms with Crippen LogP contribution in [0.25, 0.3) is 0 Å². The molecule has 0 atom stereocenters. The second kappa shape index (κ2) is 12.9. The summed E-state index contributed by atoms with van der Waals surface area (Å²) in [7, 11) is 4.92. The fraction of sp³-hybridized carbons (Fsp3) is 1.00. The van der Waals surface area contributed by atoms with Crippen LogP contribution in [-0.4, -0.2) is 68.3 Å². The molecule has 0 amide bonds. The van der Waals surface area contributed by atoms with Crippen LogP contribution in [0.15, 0.2) is 0 Å². The van der Waals surface area contributed by atoms with Gasteiger partial charge in [0.25, 0.3) is 0 Å². The molecule has 0 spiro atoms. The lowest BCUT2D eigenvalue weighted by Gasteiger charge is -2.18. The molecule has 6 nitrogen and oxygen atoms in total. The molecule has 132 valence electrons. The van der Waals surface area contributed by atoms with Crippen LogP contribution in [0.1, 0.15) is 0 Å². The molecule has 0 heterocycles. The SMILES string of the molecule is CO[Si](C)(C)C.CO[Si](C)(C)OC.CO[Si](C)(OC)OC. The molecular formula is C12H36O6Si3. The molecule has 0 bridgehead atoms. The molecular weight excluding hydrogens is 324 g/mol. The quantitative estimate of drug-likeness (QED) is 0.679. The van der Waals surface area contributed by atoms with Gasteiger partial charge in [0.15, 0.2) is 8.32 Å². The van der Waals surface area contributed by atoms with Crippen molar-refractivity contribution in [3.05, 3.63) is 0 Å². The molecule has 0 aliphatic carbocycles. The summed E-state index contributed by atoms with van der Waals surface area (Å²) in [4.78, 5) is 0. The lowest BCUT2D eigenvalue weighted by molar-refractivity contribution is 0.132. The maximum absolute atomic E-state index is 5.08. The van der Waals surface area contributed by atoms with E-state index in [9.17, 15) is 0 Å². The highest BCUT2D eigenvalue weighted by Gasteiger charge is 2.29. The van der Waals surface area contributed by atoms with Crippen molar-refractivity contribution in [3.8, 4) is 0 Å². The van der Waals surface area contributed by atoms with E-state index in [1.807, 2.05) is 19.6 Å². The summed E-state index contributed by atoms with van der Waals surface area (Å²) >= 11 is 0. The Morgan fingerprint density at radius 1 is 0.429 bits per heavy atom. The minimum atomic E-state index is -2.17. The van der Waals surface area contributed by atoms with Gasteiger partial charge in [-0.05, 0) is 32.7 Å². The Morgan fingerprint density at radius 3 is 0.667 bits per heavy atom. The molecule has 0 radical (unpaired) electrons. The van der Waals surface area contributed by atoms with Gasteiger partial charge in [-0.25, -0.2) is 0 Å². The van der Waals surface area contributed by atoms with E-state index in [1.54, 1.807) is 42.7 Å². The van der Waals surface area contributed by atoms with Gasteiger partial charge in [-0.1, -0.05) is 0 Å². The third-order valence-electron chi connectivity index (χ3n) is 2.71. The van der Waals surface area contributed by atoms with E-state index >= 15 is 0 Å². The van der Waals surface area contributed by atoms with Gasteiger partial charge in [0.1, 0.15) is 0 Å². The number of rotatable bonds is 6. The average molecular weight is 361 g/mol. The predicted octanol–water partition coefficient (Wildman–Crippen LogP) is 2.94.